The first-order valence-electron chi connectivity index (χ1n) is 16.3. The molecule has 0 saturated heterocycles. The zero-order valence-electron chi connectivity index (χ0n) is 26.4. The molecule has 0 N–H and O–H groups in total. The highest BCUT2D eigenvalue weighted by molar-refractivity contribution is 6.23. The Bertz CT molecular complexity index is 2770. The molecule has 1 heterocycles. The van der Waals surface area contributed by atoms with E-state index in [2.05, 4.69) is 144 Å². The van der Waals surface area contributed by atoms with Gasteiger partial charge in [-0.3, -0.25) is 0 Å². The molecular weight excluding hydrogens is 595 g/mol. The average Bonchev–Trinajstić information content (AvgIpc) is 3.50. The Morgan fingerprint density at radius 3 is 1.63 bits per heavy atom. The van der Waals surface area contributed by atoms with Crippen LogP contribution in [-0.2, 0) is 0 Å². The van der Waals surface area contributed by atoms with Crippen molar-refractivity contribution >= 4 is 43.4 Å². The number of aromatic nitrogens is 1. The number of para-hydroxylation sites is 1. The molecule has 0 spiro atoms. The summed E-state index contributed by atoms with van der Waals surface area (Å²) in [4.78, 5) is 0. The van der Waals surface area contributed by atoms with Crippen LogP contribution in [0.25, 0.3) is 82.4 Å². The second-order valence-corrected chi connectivity index (χ2v) is 12.3. The Morgan fingerprint density at radius 1 is 0.388 bits per heavy atom. The molecule has 9 rings (SSSR count). The highest BCUT2D eigenvalue weighted by Gasteiger charge is 2.21. The van der Waals surface area contributed by atoms with E-state index in [0.717, 1.165) is 71.3 Å². The van der Waals surface area contributed by atoms with Gasteiger partial charge >= 0.3 is 0 Å². The first-order valence-corrected chi connectivity index (χ1v) is 16.3. The summed E-state index contributed by atoms with van der Waals surface area (Å²) in [5.74, 6) is 0. The minimum Gasteiger partial charge on any atom is -0.309 e. The van der Waals surface area contributed by atoms with Crippen LogP contribution in [0, 0.1) is 22.7 Å². The van der Waals surface area contributed by atoms with E-state index >= 15 is 0 Å². The molecule has 1 aromatic heterocycles. The van der Waals surface area contributed by atoms with E-state index < -0.39 is 0 Å². The molecule has 0 saturated carbocycles. The molecule has 0 amide bonds. The van der Waals surface area contributed by atoms with Gasteiger partial charge in [0.25, 0.3) is 0 Å². The van der Waals surface area contributed by atoms with E-state index in [1.165, 1.54) is 11.1 Å². The number of nitriles is 2. The van der Waals surface area contributed by atoms with E-state index in [1.54, 1.807) is 0 Å². The van der Waals surface area contributed by atoms with Crippen LogP contribution >= 0.6 is 0 Å². The van der Waals surface area contributed by atoms with Crippen LogP contribution in [0.15, 0.2) is 164 Å². The lowest BCUT2D eigenvalue weighted by atomic mass is 9.82. The van der Waals surface area contributed by atoms with Crippen molar-refractivity contribution in [2.24, 2.45) is 0 Å². The standard InChI is InChI=1S/C46H27N3/c47-28-30-21-26-43-41(27-30)36-14-8-9-20-42(36)49(43)34-24-22-31(23-25-34)35-19-10-13-33(29-48)45(35)46-39-17-6-4-15-37(39)44(32-11-2-1-3-12-32)38-16-5-7-18-40(38)46/h1-27H. The number of hydrogen-bond donors (Lipinski definition) is 0. The van der Waals surface area contributed by atoms with Crippen LogP contribution in [0.2, 0.25) is 0 Å². The topological polar surface area (TPSA) is 52.5 Å². The van der Waals surface area contributed by atoms with Crippen LogP contribution in [-0.4, -0.2) is 4.57 Å². The summed E-state index contributed by atoms with van der Waals surface area (Å²) in [6.45, 7) is 0. The number of benzene rings is 8. The Labute approximate surface area is 283 Å². The monoisotopic (exact) mass is 621 g/mol. The lowest BCUT2D eigenvalue weighted by Crippen LogP contribution is -1.96. The maximum Gasteiger partial charge on any atom is 0.0998 e. The van der Waals surface area contributed by atoms with Gasteiger partial charge in [-0.1, -0.05) is 121 Å². The van der Waals surface area contributed by atoms with Crippen molar-refractivity contribution in [1.29, 1.82) is 10.5 Å². The van der Waals surface area contributed by atoms with Gasteiger partial charge in [0.2, 0.25) is 0 Å². The van der Waals surface area contributed by atoms with Crippen LogP contribution in [0.5, 0.6) is 0 Å². The fourth-order valence-corrected chi connectivity index (χ4v) is 7.58. The summed E-state index contributed by atoms with van der Waals surface area (Å²) in [6, 6.07) is 61.4. The second-order valence-electron chi connectivity index (χ2n) is 12.3. The first kappa shape index (κ1) is 28.3. The molecule has 49 heavy (non-hydrogen) atoms. The highest BCUT2D eigenvalue weighted by atomic mass is 15.0. The predicted molar refractivity (Wildman–Crippen MR) is 202 cm³/mol. The van der Waals surface area contributed by atoms with E-state index in [4.69, 9.17) is 0 Å². The second kappa shape index (κ2) is 11.4. The maximum atomic E-state index is 10.6. The Morgan fingerprint density at radius 2 is 0.980 bits per heavy atom. The molecule has 0 unspecified atom stereocenters. The number of hydrogen-bond acceptors (Lipinski definition) is 2. The van der Waals surface area contributed by atoms with Gasteiger partial charge in [-0.15, -0.1) is 0 Å². The third-order valence-corrected chi connectivity index (χ3v) is 9.67. The van der Waals surface area contributed by atoms with Crippen molar-refractivity contribution in [2.45, 2.75) is 0 Å². The fourth-order valence-electron chi connectivity index (χ4n) is 7.58. The van der Waals surface area contributed by atoms with Crippen molar-refractivity contribution in [3.63, 3.8) is 0 Å². The Balaban J connectivity index is 1.28. The Hall–Kier alpha value is -6.94. The first-order chi connectivity index (χ1) is 24.2. The van der Waals surface area contributed by atoms with Crippen LogP contribution in [0.1, 0.15) is 11.1 Å². The van der Waals surface area contributed by atoms with Crippen LogP contribution in [0.4, 0.5) is 0 Å². The zero-order chi connectivity index (χ0) is 32.9. The van der Waals surface area contributed by atoms with Crippen molar-refractivity contribution < 1.29 is 0 Å². The van der Waals surface area contributed by atoms with Gasteiger partial charge in [0.05, 0.1) is 34.3 Å². The smallest absolute Gasteiger partial charge is 0.0998 e. The molecule has 0 bridgehead atoms. The normalized spacial score (nSPS) is 11.2. The number of nitrogens with zero attached hydrogens (tertiary/aromatic N) is 3. The number of rotatable bonds is 4. The summed E-state index contributed by atoms with van der Waals surface area (Å²) in [5, 5.41) is 26.8. The SMILES string of the molecule is N#Cc1ccc2c(c1)c1ccccc1n2-c1ccc(-c2cccc(C#N)c2-c2c3ccccc3c(-c3ccccc3)c3ccccc23)cc1. The minimum atomic E-state index is 0.639. The largest absolute Gasteiger partial charge is 0.309 e. The summed E-state index contributed by atoms with van der Waals surface area (Å²) >= 11 is 0. The lowest BCUT2D eigenvalue weighted by molar-refractivity contribution is 1.18. The van der Waals surface area contributed by atoms with Crippen LogP contribution in [0.3, 0.4) is 0 Å². The summed E-state index contributed by atoms with van der Waals surface area (Å²) < 4.78 is 2.26. The van der Waals surface area contributed by atoms with Gasteiger partial charge in [0.15, 0.2) is 0 Å². The molecule has 8 aromatic carbocycles. The molecule has 0 aliphatic carbocycles. The van der Waals surface area contributed by atoms with Gasteiger partial charge < -0.3 is 4.57 Å². The summed E-state index contributed by atoms with van der Waals surface area (Å²) in [7, 11) is 0. The van der Waals surface area contributed by atoms with E-state index in [-0.39, 0.29) is 0 Å². The number of fused-ring (bicyclic) bond motifs is 5. The van der Waals surface area contributed by atoms with Crippen molar-refractivity contribution in [2.75, 3.05) is 0 Å². The van der Waals surface area contributed by atoms with Crippen molar-refractivity contribution in [1.82, 2.24) is 4.57 Å². The minimum absolute atomic E-state index is 0.639. The molecular formula is C46H27N3. The van der Waals surface area contributed by atoms with Crippen LogP contribution < -0.4 is 0 Å². The third kappa shape index (κ3) is 4.42. The van der Waals surface area contributed by atoms with E-state index in [0.29, 0.717) is 11.1 Å². The van der Waals surface area contributed by atoms with E-state index in [9.17, 15) is 10.5 Å². The van der Waals surface area contributed by atoms with Gasteiger partial charge in [-0.25, -0.2) is 0 Å². The zero-order valence-corrected chi connectivity index (χ0v) is 26.4. The summed E-state index contributed by atoms with van der Waals surface area (Å²) in [5.41, 5.74) is 10.9. The van der Waals surface area contributed by atoms with Gasteiger partial charge in [-0.2, -0.15) is 10.5 Å². The van der Waals surface area contributed by atoms with Gasteiger partial charge in [0, 0.05) is 22.0 Å². The molecule has 9 aromatic rings. The Kier molecular flexibility index (Phi) is 6.58. The van der Waals surface area contributed by atoms with Crippen molar-refractivity contribution in [3.05, 3.63) is 175 Å². The van der Waals surface area contributed by atoms with Gasteiger partial charge in [-0.05, 0) is 91.8 Å². The molecule has 0 fully saturated rings. The maximum absolute atomic E-state index is 10.6. The molecule has 0 atom stereocenters. The summed E-state index contributed by atoms with van der Waals surface area (Å²) in [6.07, 6.45) is 0. The molecule has 0 aliphatic heterocycles. The van der Waals surface area contributed by atoms with Gasteiger partial charge in [0.1, 0.15) is 0 Å². The predicted octanol–water partition coefficient (Wildman–Crippen LogP) is 11.8. The molecule has 3 nitrogen and oxygen atoms in total. The average molecular weight is 622 g/mol. The molecule has 0 aliphatic rings. The molecule has 0 radical (unpaired) electrons. The van der Waals surface area contributed by atoms with Crippen molar-refractivity contribution in [3.8, 4) is 51.2 Å². The molecule has 226 valence electrons. The van der Waals surface area contributed by atoms with E-state index in [1.807, 2.05) is 36.4 Å². The quantitative estimate of drug-likeness (QED) is 0.184. The lowest BCUT2D eigenvalue weighted by Gasteiger charge is -2.20. The third-order valence-electron chi connectivity index (χ3n) is 9.67. The molecule has 3 heteroatoms. The fraction of sp³-hybridized carbons (Fsp3) is 0. The highest BCUT2D eigenvalue weighted by Crippen LogP contribution is 2.47.